The molecule has 0 aromatic heterocycles. The Kier molecular flexibility index (Phi) is 4.57. The Hall–Kier alpha value is -1.49. The molecule has 4 nitrogen and oxygen atoms in total. The molecule has 0 aliphatic rings. The van der Waals surface area contributed by atoms with Gasteiger partial charge >= 0.3 is 0 Å². The Balaban J connectivity index is 2.77. The maximum absolute atomic E-state index is 7.57. The minimum Gasteiger partial charge on any atom is -0.370 e. The summed E-state index contributed by atoms with van der Waals surface area (Å²) in [6, 6.07) is 4.29. The molecule has 0 radical (unpaired) electrons. The number of hydrogen-bond donors (Lipinski definition) is 3. The highest BCUT2D eigenvalue weighted by Crippen LogP contribution is 2.22. The van der Waals surface area contributed by atoms with Crippen LogP contribution in [0.2, 0.25) is 0 Å². The van der Waals surface area contributed by atoms with Gasteiger partial charge in [-0.05, 0) is 37.5 Å². The van der Waals surface area contributed by atoms with Gasteiger partial charge in [0.2, 0.25) is 0 Å². The van der Waals surface area contributed by atoms with Crippen LogP contribution in [0.3, 0.4) is 0 Å². The van der Waals surface area contributed by atoms with Crippen molar-refractivity contribution < 1.29 is 0 Å². The van der Waals surface area contributed by atoms with Crippen LogP contribution in [-0.4, -0.2) is 11.1 Å². The first-order valence-electron chi connectivity index (χ1n) is 5.28. The smallest absolute Gasteiger partial charge is 0.193 e. The van der Waals surface area contributed by atoms with Crippen molar-refractivity contribution in [1.29, 1.82) is 5.41 Å². The van der Waals surface area contributed by atoms with Gasteiger partial charge in [0, 0.05) is 5.75 Å². The molecule has 0 amide bonds. The van der Waals surface area contributed by atoms with Crippen LogP contribution in [0, 0.1) is 26.2 Å². The van der Waals surface area contributed by atoms with Crippen molar-refractivity contribution in [3.8, 4) is 0 Å². The van der Waals surface area contributed by atoms with Crippen LogP contribution in [0.4, 0.5) is 0 Å². The predicted molar refractivity (Wildman–Crippen MR) is 75.5 cm³/mol. The lowest BCUT2D eigenvalue weighted by molar-refractivity contribution is 1.21. The maximum Gasteiger partial charge on any atom is 0.193 e. The first-order chi connectivity index (χ1) is 7.90. The van der Waals surface area contributed by atoms with E-state index in [1.165, 1.54) is 34.0 Å². The number of nitrogens with zero attached hydrogens (tertiary/aromatic N) is 1. The molecule has 0 fully saturated rings. The SMILES string of the molecule is Cc1cc(C)c(CSC(=N)N=C(N)N)c(C)c1. The number of guanidine groups is 1. The van der Waals surface area contributed by atoms with Crippen molar-refractivity contribution in [1.82, 2.24) is 0 Å². The Morgan fingerprint density at radius 2 is 1.76 bits per heavy atom. The number of rotatable bonds is 2. The summed E-state index contributed by atoms with van der Waals surface area (Å²) in [6.07, 6.45) is 0. The number of thioether (sulfide) groups is 1. The summed E-state index contributed by atoms with van der Waals surface area (Å²) in [6.45, 7) is 6.25. The molecule has 5 heteroatoms. The van der Waals surface area contributed by atoms with E-state index in [0.29, 0.717) is 5.75 Å². The normalized spacial score (nSPS) is 10.1. The maximum atomic E-state index is 7.57. The topological polar surface area (TPSA) is 88.2 Å². The monoisotopic (exact) mass is 250 g/mol. The first-order valence-corrected chi connectivity index (χ1v) is 6.26. The van der Waals surface area contributed by atoms with Gasteiger partial charge in [0.05, 0.1) is 0 Å². The molecular formula is C12H18N4S. The minimum absolute atomic E-state index is 0.0696. The van der Waals surface area contributed by atoms with Crippen LogP contribution in [0.15, 0.2) is 17.1 Å². The van der Waals surface area contributed by atoms with Gasteiger partial charge in [-0.2, -0.15) is 4.99 Å². The van der Waals surface area contributed by atoms with Gasteiger partial charge in [-0.25, -0.2) is 0 Å². The van der Waals surface area contributed by atoms with Gasteiger partial charge in [-0.1, -0.05) is 29.5 Å². The summed E-state index contributed by atoms with van der Waals surface area (Å²) in [7, 11) is 0. The van der Waals surface area contributed by atoms with Crippen molar-refractivity contribution >= 4 is 22.9 Å². The Bertz CT molecular complexity index is 439. The molecule has 92 valence electrons. The molecule has 1 aromatic carbocycles. The van der Waals surface area contributed by atoms with Crippen molar-refractivity contribution in [2.24, 2.45) is 16.5 Å². The molecule has 1 aromatic rings. The zero-order chi connectivity index (χ0) is 13.0. The molecule has 0 saturated heterocycles. The quantitative estimate of drug-likeness (QED) is 0.554. The molecule has 0 bridgehead atoms. The standard InChI is InChI=1S/C12H18N4S/c1-7-4-8(2)10(9(3)5-7)6-17-12(15)16-11(13)14/h4-5H,6H2,1-3H3,(H5,13,14,15,16). The largest absolute Gasteiger partial charge is 0.370 e. The van der Waals surface area contributed by atoms with E-state index in [9.17, 15) is 0 Å². The lowest BCUT2D eigenvalue weighted by Crippen LogP contribution is -2.23. The molecule has 0 aliphatic carbocycles. The summed E-state index contributed by atoms with van der Waals surface area (Å²) >= 11 is 1.33. The van der Waals surface area contributed by atoms with Crippen LogP contribution in [-0.2, 0) is 5.75 Å². The summed E-state index contributed by atoms with van der Waals surface area (Å²) < 4.78 is 0. The van der Waals surface area contributed by atoms with E-state index in [0.717, 1.165) is 0 Å². The van der Waals surface area contributed by atoms with Crippen LogP contribution >= 0.6 is 11.8 Å². The average molecular weight is 250 g/mol. The molecule has 0 atom stereocenters. The molecular weight excluding hydrogens is 232 g/mol. The lowest BCUT2D eigenvalue weighted by Gasteiger charge is -2.10. The highest BCUT2D eigenvalue weighted by Gasteiger charge is 2.05. The summed E-state index contributed by atoms with van der Waals surface area (Å²) in [5.74, 6) is 0.646. The van der Waals surface area contributed by atoms with Gasteiger partial charge < -0.3 is 11.5 Å². The fourth-order valence-corrected chi connectivity index (χ4v) is 2.63. The number of hydrogen-bond acceptors (Lipinski definition) is 2. The van der Waals surface area contributed by atoms with E-state index in [-0.39, 0.29) is 11.1 Å². The number of amidine groups is 1. The lowest BCUT2D eigenvalue weighted by atomic mass is 10.0. The van der Waals surface area contributed by atoms with E-state index in [4.69, 9.17) is 16.9 Å². The Morgan fingerprint density at radius 1 is 1.24 bits per heavy atom. The molecule has 5 N–H and O–H groups in total. The highest BCUT2D eigenvalue weighted by molar-refractivity contribution is 8.13. The zero-order valence-corrected chi connectivity index (χ0v) is 11.2. The zero-order valence-electron chi connectivity index (χ0n) is 10.4. The van der Waals surface area contributed by atoms with E-state index in [2.05, 4.69) is 37.9 Å². The number of aryl methyl sites for hydroxylation is 3. The second-order valence-corrected chi connectivity index (χ2v) is 4.97. The molecule has 0 spiro atoms. The van der Waals surface area contributed by atoms with E-state index in [1.54, 1.807) is 0 Å². The third-order valence-electron chi connectivity index (χ3n) is 2.42. The number of nitrogens with one attached hydrogen (secondary N) is 1. The molecule has 0 saturated carbocycles. The van der Waals surface area contributed by atoms with Crippen molar-refractivity contribution in [3.63, 3.8) is 0 Å². The minimum atomic E-state index is -0.0696. The number of aliphatic imine (C=N–C) groups is 1. The third kappa shape index (κ3) is 4.11. The van der Waals surface area contributed by atoms with Gasteiger partial charge in [0.1, 0.15) is 0 Å². The fraction of sp³-hybridized carbons (Fsp3) is 0.333. The molecule has 0 heterocycles. The van der Waals surface area contributed by atoms with Gasteiger partial charge in [-0.15, -0.1) is 0 Å². The molecule has 0 aliphatic heterocycles. The Labute approximate surface area is 106 Å². The van der Waals surface area contributed by atoms with Crippen LogP contribution in [0.5, 0.6) is 0 Å². The van der Waals surface area contributed by atoms with Gasteiger partial charge in [0.15, 0.2) is 11.1 Å². The molecule has 1 rings (SSSR count). The van der Waals surface area contributed by atoms with Gasteiger partial charge in [-0.3, -0.25) is 5.41 Å². The summed E-state index contributed by atoms with van der Waals surface area (Å²) in [5, 5.41) is 7.71. The second kappa shape index (κ2) is 5.72. The van der Waals surface area contributed by atoms with E-state index < -0.39 is 0 Å². The molecule has 0 unspecified atom stereocenters. The highest BCUT2D eigenvalue weighted by atomic mass is 32.2. The predicted octanol–water partition coefficient (Wildman–Crippen LogP) is 2.05. The second-order valence-electron chi connectivity index (χ2n) is 4.01. The number of benzene rings is 1. The van der Waals surface area contributed by atoms with E-state index in [1.807, 2.05) is 0 Å². The summed E-state index contributed by atoms with van der Waals surface area (Å²) in [5.41, 5.74) is 15.4. The third-order valence-corrected chi connectivity index (χ3v) is 3.22. The average Bonchev–Trinajstić information content (AvgIpc) is 2.14. The van der Waals surface area contributed by atoms with E-state index >= 15 is 0 Å². The fourth-order valence-electron chi connectivity index (χ4n) is 1.73. The van der Waals surface area contributed by atoms with Gasteiger partial charge in [0.25, 0.3) is 0 Å². The molecule has 17 heavy (non-hydrogen) atoms. The van der Waals surface area contributed by atoms with Crippen LogP contribution < -0.4 is 11.5 Å². The number of nitrogens with two attached hydrogens (primary N) is 2. The van der Waals surface area contributed by atoms with Crippen molar-refractivity contribution in [2.75, 3.05) is 0 Å². The van der Waals surface area contributed by atoms with Crippen LogP contribution in [0.25, 0.3) is 0 Å². The summed E-state index contributed by atoms with van der Waals surface area (Å²) in [4.78, 5) is 3.69. The Morgan fingerprint density at radius 3 is 2.24 bits per heavy atom. The van der Waals surface area contributed by atoms with Crippen LogP contribution in [0.1, 0.15) is 22.3 Å². The van der Waals surface area contributed by atoms with Crippen molar-refractivity contribution in [3.05, 3.63) is 34.4 Å². The van der Waals surface area contributed by atoms with Crippen molar-refractivity contribution in [2.45, 2.75) is 26.5 Å². The first kappa shape index (κ1) is 13.6.